The number of hydrogen-bond acceptors (Lipinski definition) is 5. The van der Waals surface area contributed by atoms with Gasteiger partial charge in [-0.1, -0.05) is 35.9 Å². The Kier molecular flexibility index (Phi) is 7.65. The van der Waals surface area contributed by atoms with Gasteiger partial charge in [-0.3, -0.25) is 14.9 Å². The summed E-state index contributed by atoms with van der Waals surface area (Å²) in [5, 5.41) is 2.91. The smallest absolute Gasteiger partial charge is 0.335 e. The second kappa shape index (κ2) is 10.7. The zero-order valence-corrected chi connectivity index (χ0v) is 22.6. The molecule has 4 rings (SSSR count). The van der Waals surface area contributed by atoms with Crippen molar-refractivity contribution in [2.45, 2.75) is 20.5 Å². The molecule has 0 unspecified atom stereocenters. The molecule has 1 saturated heterocycles. The van der Waals surface area contributed by atoms with E-state index in [1.165, 1.54) is 13.2 Å². The first-order chi connectivity index (χ1) is 17.2. The SMILES string of the molecule is COc1cc(/C=C2\C(=O)NC(=O)N(c3cc(C)ccc3C)C2=O)cc(I)c1OCc1ccc(Cl)cc1. The van der Waals surface area contributed by atoms with E-state index in [0.717, 1.165) is 25.2 Å². The molecular formula is C27H22ClIN2O5. The first-order valence-corrected chi connectivity index (χ1v) is 12.4. The summed E-state index contributed by atoms with van der Waals surface area (Å²) in [5.74, 6) is -0.492. The molecule has 0 radical (unpaired) electrons. The summed E-state index contributed by atoms with van der Waals surface area (Å²) in [6.45, 7) is 3.96. The lowest BCUT2D eigenvalue weighted by Gasteiger charge is -2.28. The van der Waals surface area contributed by atoms with Crippen molar-refractivity contribution in [2.24, 2.45) is 0 Å². The maximum atomic E-state index is 13.3. The minimum absolute atomic E-state index is 0.164. The highest BCUT2D eigenvalue weighted by atomic mass is 127. The van der Waals surface area contributed by atoms with Gasteiger partial charge in [0.15, 0.2) is 11.5 Å². The number of ether oxygens (including phenoxy) is 2. The van der Waals surface area contributed by atoms with Gasteiger partial charge in [0.05, 0.1) is 16.4 Å². The number of amides is 4. The fourth-order valence-corrected chi connectivity index (χ4v) is 4.61. The van der Waals surface area contributed by atoms with E-state index in [1.807, 2.05) is 31.2 Å². The van der Waals surface area contributed by atoms with Crippen LogP contribution in [0.4, 0.5) is 10.5 Å². The van der Waals surface area contributed by atoms with Crippen molar-refractivity contribution in [3.05, 3.63) is 91.0 Å². The molecule has 4 amide bonds. The summed E-state index contributed by atoms with van der Waals surface area (Å²) in [4.78, 5) is 39.5. The van der Waals surface area contributed by atoms with Crippen LogP contribution in [0.25, 0.3) is 6.08 Å². The van der Waals surface area contributed by atoms with Gasteiger partial charge in [-0.2, -0.15) is 0 Å². The second-order valence-electron chi connectivity index (χ2n) is 8.20. The van der Waals surface area contributed by atoms with E-state index in [1.54, 1.807) is 37.3 Å². The van der Waals surface area contributed by atoms with Crippen LogP contribution in [0, 0.1) is 17.4 Å². The number of halogens is 2. The fraction of sp³-hybridized carbons (Fsp3) is 0.148. The maximum Gasteiger partial charge on any atom is 0.335 e. The number of nitrogens with one attached hydrogen (secondary N) is 1. The average molecular weight is 617 g/mol. The van der Waals surface area contributed by atoms with Crippen LogP contribution in [-0.2, 0) is 16.2 Å². The Morgan fingerprint density at radius 2 is 1.75 bits per heavy atom. The number of benzene rings is 3. The van der Waals surface area contributed by atoms with E-state index in [2.05, 4.69) is 27.9 Å². The molecular weight excluding hydrogens is 595 g/mol. The highest BCUT2D eigenvalue weighted by Gasteiger charge is 2.37. The van der Waals surface area contributed by atoms with Crippen LogP contribution >= 0.6 is 34.2 Å². The molecule has 1 N–H and O–H groups in total. The summed E-state index contributed by atoms with van der Waals surface area (Å²) in [6.07, 6.45) is 1.44. The summed E-state index contributed by atoms with van der Waals surface area (Å²) >= 11 is 8.05. The van der Waals surface area contributed by atoms with Gasteiger partial charge in [-0.05, 0) is 95.1 Å². The third kappa shape index (κ3) is 5.39. The summed E-state index contributed by atoms with van der Waals surface area (Å²) in [7, 11) is 1.51. The van der Waals surface area contributed by atoms with Gasteiger partial charge in [-0.15, -0.1) is 0 Å². The number of methoxy groups -OCH3 is 1. The van der Waals surface area contributed by atoms with E-state index >= 15 is 0 Å². The highest BCUT2D eigenvalue weighted by molar-refractivity contribution is 14.1. The van der Waals surface area contributed by atoms with E-state index in [0.29, 0.717) is 34.4 Å². The van der Waals surface area contributed by atoms with Crippen LogP contribution in [0.1, 0.15) is 22.3 Å². The first kappa shape index (κ1) is 25.7. The van der Waals surface area contributed by atoms with Crippen molar-refractivity contribution in [2.75, 3.05) is 12.0 Å². The number of carbonyl (C=O) groups is 3. The summed E-state index contributed by atoms with van der Waals surface area (Å²) < 4.78 is 12.2. The van der Waals surface area contributed by atoms with Gasteiger partial charge in [0.1, 0.15) is 12.2 Å². The number of nitrogens with zero attached hydrogens (tertiary/aromatic N) is 1. The maximum absolute atomic E-state index is 13.3. The van der Waals surface area contributed by atoms with Crippen molar-refractivity contribution < 1.29 is 23.9 Å². The topological polar surface area (TPSA) is 84.9 Å². The van der Waals surface area contributed by atoms with Crippen LogP contribution < -0.4 is 19.7 Å². The van der Waals surface area contributed by atoms with Gasteiger partial charge in [0, 0.05) is 5.02 Å². The minimum Gasteiger partial charge on any atom is -0.493 e. The predicted molar refractivity (Wildman–Crippen MR) is 146 cm³/mol. The van der Waals surface area contributed by atoms with Gasteiger partial charge in [0.25, 0.3) is 11.8 Å². The number of barbiturate groups is 1. The van der Waals surface area contributed by atoms with Gasteiger partial charge < -0.3 is 9.47 Å². The number of carbonyl (C=O) groups excluding carboxylic acids is 3. The number of rotatable bonds is 6. The highest BCUT2D eigenvalue weighted by Crippen LogP contribution is 2.36. The second-order valence-corrected chi connectivity index (χ2v) is 9.80. The lowest BCUT2D eigenvalue weighted by Crippen LogP contribution is -2.54. The number of aryl methyl sites for hydroxylation is 2. The lowest BCUT2D eigenvalue weighted by molar-refractivity contribution is -0.122. The van der Waals surface area contributed by atoms with Gasteiger partial charge >= 0.3 is 6.03 Å². The Labute approximate surface area is 227 Å². The third-order valence-electron chi connectivity index (χ3n) is 5.57. The molecule has 9 heteroatoms. The summed E-state index contributed by atoms with van der Waals surface area (Å²) in [5.41, 5.74) is 3.36. The van der Waals surface area contributed by atoms with Crippen LogP contribution in [0.5, 0.6) is 11.5 Å². The normalized spacial score (nSPS) is 14.8. The molecule has 7 nitrogen and oxygen atoms in total. The molecule has 1 aliphatic heterocycles. The van der Waals surface area contributed by atoms with Crippen molar-refractivity contribution in [1.82, 2.24) is 5.32 Å². The molecule has 3 aromatic carbocycles. The molecule has 0 spiro atoms. The van der Waals surface area contributed by atoms with Crippen molar-refractivity contribution in [1.29, 1.82) is 0 Å². The fourth-order valence-electron chi connectivity index (χ4n) is 3.70. The first-order valence-electron chi connectivity index (χ1n) is 10.9. The Morgan fingerprint density at radius 3 is 2.44 bits per heavy atom. The average Bonchev–Trinajstić information content (AvgIpc) is 2.84. The monoisotopic (exact) mass is 616 g/mol. The molecule has 1 fully saturated rings. The largest absolute Gasteiger partial charge is 0.493 e. The zero-order chi connectivity index (χ0) is 26.0. The van der Waals surface area contributed by atoms with Crippen LogP contribution in [0.3, 0.4) is 0 Å². The molecule has 0 aromatic heterocycles. The Hall–Kier alpha value is -3.37. The van der Waals surface area contributed by atoms with E-state index in [4.69, 9.17) is 21.1 Å². The lowest BCUT2D eigenvalue weighted by atomic mass is 10.0. The molecule has 1 heterocycles. The molecule has 36 heavy (non-hydrogen) atoms. The standard InChI is InChI=1S/C27H22ClIN2O5/c1-15-4-5-16(2)22(10-15)31-26(33)20(25(32)30-27(31)34)11-18-12-21(29)24(23(13-18)35-3)36-14-17-6-8-19(28)9-7-17/h4-13H,14H2,1-3H3,(H,30,32,34)/b20-11+. The van der Waals surface area contributed by atoms with Crippen LogP contribution in [0.15, 0.2) is 60.2 Å². The number of urea groups is 1. The summed E-state index contributed by atoms with van der Waals surface area (Å²) in [6, 6.07) is 15.4. The van der Waals surface area contributed by atoms with Crippen molar-refractivity contribution in [3.8, 4) is 11.5 Å². The van der Waals surface area contributed by atoms with Crippen molar-refractivity contribution in [3.63, 3.8) is 0 Å². The molecule has 1 aliphatic rings. The quantitative estimate of drug-likeness (QED) is 0.215. The number of hydrogen-bond donors (Lipinski definition) is 1. The molecule has 0 aliphatic carbocycles. The van der Waals surface area contributed by atoms with Gasteiger partial charge in [-0.25, -0.2) is 9.69 Å². The van der Waals surface area contributed by atoms with Gasteiger partial charge in [0.2, 0.25) is 0 Å². The predicted octanol–water partition coefficient (Wildman–Crippen LogP) is 5.82. The van der Waals surface area contributed by atoms with E-state index in [9.17, 15) is 14.4 Å². The van der Waals surface area contributed by atoms with Crippen LogP contribution in [-0.4, -0.2) is 25.0 Å². The van der Waals surface area contributed by atoms with Crippen molar-refractivity contribution >= 4 is 63.8 Å². The Bertz CT molecular complexity index is 1400. The molecule has 0 bridgehead atoms. The molecule has 0 saturated carbocycles. The Morgan fingerprint density at radius 1 is 1.03 bits per heavy atom. The van der Waals surface area contributed by atoms with Crippen LogP contribution in [0.2, 0.25) is 5.02 Å². The zero-order valence-electron chi connectivity index (χ0n) is 19.7. The molecule has 184 valence electrons. The Balaban J connectivity index is 1.66. The van der Waals surface area contributed by atoms with E-state index < -0.39 is 17.8 Å². The molecule has 0 atom stereocenters. The van der Waals surface area contributed by atoms with E-state index in [-0.39, 0.29) is 5.57 Å². The number of imide groups is 2. The number of anilines is 1. The molecule has 3 aromatic rings. The third-order valence-corrected chi connectivity index (χ3v) is 6.62. The minimum atomic E-state index is -0.783.